The Kier molecular flexibility index (Phi) is 4.55. The average Bonchev–Trinajstić information content (AvgIpc) is 2.53. The number of benzene rings is 2. The van der Waals surface area contributed by atoms with Gasteiger partial charge in [-0.05, 0) is 35.7 Å². The van der Waals surface area contributed by atoms with Crippen molar-refractivity contribution in [2.75, 3.05) is 18.4 Å². The van der Waals surface area contributed by atoms with Gasteiger partial charge in [-0.25, -0.2) is 0 Å². The summed E-state index contributed by atoms with van der Waals surface area (Å²) in [7, 11) is 0. The van der Waals surface area contributed by atoms with Gasteiger partial charge < -0.3 is 10.2 Å². The normalized spacial score (nSPS) is 13.6. The van der Waals surface area contributed by atoms with Gasteiger partial charge in [-0.1, -0.05) is 47.5 Å². The minimum absolute atomic E-state index is 0.0699. The van der Waals surface area contributed by atoms with Gasteiger partial charge in [0.15, 0.2) is 0 Å². The van der Waals surface area contributed by atoms with Gasteiger partial charge in [-0.3, -0.25) is 4.79 Å². The van der Waals surface area contributed by atoms with Crippen molar-refractivity contribution in [2.24, 2.45) is 0 Å². The van der Waals surface area contributed by atoms with Crippen LogP contribution in [-0.2, 0) is 17.8 Å². The zero-order valence-electron chi connectivity index (χ0n) is 12.0. The van der Waals surface area contributed by atoms with Crippen LogP contribution >= 0.6 is 23.2 Å². The van der Waals surface area contributed by atoms with E-state index < -0.39 is 0 Å². The Bertz CT molecular complexity index is 703. The number of fused-ring (bicyclic) bond motifs is 1. The van der Waals surface area contributed by atoms with E-state index in [0.29, 0.717) is 16.6 Å². The van der Waals surface area contributed by atoms with E-state index in [1.807, 2.05) is 17.0 Å². The molecule has 0 bridgehead atoms. The number of amides is 1. The van der Waals surface area contributed by atoms with E-state index >= 15 is 0 Å². The number of hydrogen-bond donors (Lipinski definition) is 1. The SMILES string of the molecule is O=C(CNc1ccc(Cl)cc1Cl)N1CCc2ccccc2C1. The third-order valence-corrected chi connectivity index (χ3v) is 4.39. The average molecular weight is 335 g/mol. The quantitative estimate of drug-likeness (QED) is 0.920. The van der Waals surface area contributed by atoms with Crippen LogP contribution in [0, 0.1) is 0 Å². The van der Waals surface area contributed by atoms with Gasteiger partial charge in [0.25, 0.3) is 0 Å². The molecular weight excluding hydrogens is 319 g/mol. The van der Waals surface area contributed by atoms with Crippen molar-refractivity contribution < 1.29 is 4.79 Å². The molecule has 0 aliphatic carbocycles. The summed E-state index contributed by atoms with van der Waals surface area (Å²) in [5, 5.41) is 4.18. The predicted octanol–water partition coefficient (Wildman–Crippen LogP) is 3.99. The molecule has 0 radical (unpaired) electrons. The number of rotatable bonds is 3. The van der Waals surface area contributed by atoms with Crippen LogP contribution in [0.1, 0.15) is 11.1 Å². The van der Waals surface area contributed by atoms with E-state index in [0.717, 1.165) is 18.7 Å². The number of halogens is 2. The summed E-state index contributed by atoms with van der Waals surface area (Å²) < 4.78 is 0. The second-order valence-corrected chi connectivity index (χ2v) is 6.16. The molecule has 1 aliphatic rings. The Hall–Kier alpha value is -1.71. The standard InChI is InChI=1S/C17H16Cl2N2O/c18-14-5-6-16(15(19)9-14)20-10-17(22)21-8-7-12-3-1-2-4-13(12)11-21/h1-6,9,20H,7-8,10-11H2. The fourth-order valence-corrected chi connectivity index (χ4v) is 3.10. The summed E-state index contributed by atoms with van der Waals surface area (Å²) in [6.45, 7) is 1.65. The van der Waals surface area contributed by atoms with Gasteiger partial charge in [0.05, 0.1) is 17.3 Å². The molecule has 1 amide bonds. The minimum atomic E-state index is 0.0699. The summed E-state index contributed by atoms with van der Waals surface area (Å²) in [4.78, 5) is 14.2. The molecule has 0 atom stereocenters. The lowest BCUT2D eigenvalue weighted by Gasteiger charge is -2.29. The summed E-state index contributed by atoms with van der Waals surface area (Å²) in [5.41, 5.74) is 3.28. The van der Waals surface area contributed by atoms with Crippen molar-refractivity contribution in [2.45, 2.75) is 13.0 Å². The molecule has 1 aliphatic heterocycles. The van der Waals surface area contributed by atoms with Crippen LogP contribution in [-0.4, -0.2) is 23.9 Å². The highest BCUT2D eigenvalue weighted by molar-refractivity contribution is 6.36. The molecule has 22 heavy (non-hydrogen) atoms. The second-order valence-electron chi connectivity index (χ2n) is 5.31. The van der Waals surface area contributed by atoms with Crippen LogP contribution < -0.4 is 5.32 Å². The fourth-order valence-electron chi connectivity index (χ4n) is 2.62. The Morgan fingerprint density at radius 1 is 1.14 bits per heavy atom. The third-order valence-electron chi connectivity index (χ3n) is 3.84. The Morgan fingerprint density at radius 2 is 1.91 bits per heavy atom. The largest absolute Gasteiger partial charge is 0.375 e. The maximum atomic E-state index is 12.4. The molecule has 1 heterocycles. The van der Waals surface area contributed by atoms with Crippen molar-refractivity contribution in [3.8, 4) is 0 Å². The molecule has 0 saturated carbocycles. The minimum Gasteiger partial charge on any atom is -0.375 e. The Morgan fingerprint density at radius 3 is 2.68 bits per heavy atom. The highest BCUT2D eigenvalue weighted by Gasteiger charge is 2.20. The van der Waals surface area contributed by atoms with E-state index in [2.05, 4.69) is 17.4 Å². The maximum Gasteiger partial charge on any atom is 0.242 e. The van der Waals surface area contributed by atoms with Crippen molar-refractivity contribution in [3.05, 3.63) is 63.6 Å². The van der Waals surface area contributed by atoms with E-state index in [-0.39, 0.29) is 12.5 Å². The molecule has 5 heteroatoms. The summed E-state index contributed by atoms with van der Waals surface area (Å²) in [6.07, 6.45) is 0.906. The lowest BCUT2D eigenvalue weighted by molar-refractivity contribution is -0.130. The van der Waals surface area contributed by atoms with Gasteiger partial charge in [0.1, 0.15) is 0 Å². The van der Waals surface area contributed by atoms with E-state index in [1.165, 1.54) is 11.1 Å². The van der Waals surface area contributed by atoms with Crippen LogP contribution in [0.15, 0.2) is 42.5 Å². The first kappa shape index (κ1) is 15.2. The topological polar surface area (TPSA) is 32.3 Å². The van der Waals surface area contributed by atoms with Gasteiger partial charge in [-0.2, -0.15) is 0 Å². The first-order valence-electron chi connectivity index (χ1n) is 7.17. The lowest BCUT2D eigenvalue weighted by Crippen LogP contribution is -2.39. The first-order chi connectivity index (χ1) is 10.6. The monoisotopic (exact) mass is 334 g/mol. The van der Waals surface area contributed by atoms with E-state index in [4.69, 9.17) is 23.2 Å². The number of hydrogen-bond acceptors (Lipinski definition) is 2. The van der Waals surface area contributed by atoms with Gasteiger partial charge in [0, 0.05) is 18.1 Å². The van der Waals surface area contributed by atoms with Crippen LogP contribution in [0.4, 0.5) is 5.69 Å². The molecule has 0 aromatic heterocycles. The smallest absolute Gasteiger partial charge is 0.242 e. The molecular formula is C17H16Cl2N2O. The Balaban J connectivity index is 1.61. The molecule has 3 rings (SSSR count). The molecule has 0 spiro atoms. The van der Waals surface area contributed by atoms with Crippen LogP contribution in [0.5, 0.6) is 0 Å². The number of nitrogens with zero attached hydrogens (tertiary/aromatic N) is 1. The first-order valence-corrected chi connectivity index (χ1v) is 7.92. The van der Waals surface area contributed by atoms with Crippen molar-refractivity contribution in [3.63, 3.8) is 0 Å². The Labute approximate surface area is 139 Å². The fraction of sp³-hybridized carbons (Fsp3) is 0.235. The lowest BCUT2D eigenvalue weighted by atomic mass is 10.00. The van der Waals surface area contributed by atoms with E-state index in [1.54, 1.807) is 18.2 Å². The van der Waals surface area contributed by atoms with Crippen molar-refractivity contribution in [1.82, 2.24) is 4.90 Å². The molecule has 3 nitrogen and oxygen atoms in total. The maximum absolute atomic E-state index is 12.4. The summed E-state index contributed by atoms with van der Waals surface area (Å²) >= 11 is 12.0. The van der Waals surface area contributed by atoms with Crippen LogP contribution in [0.2, 0.25) is 10.0 Å². The highest BCUT2D eigenvalue weighted by atomic mass is 35.5. The number of nitrogens with one attached hydrogen (secondary N) is 1. The molecule has 114 valence electrons. The van der Waals surface area contributed by atoms with Gasteiger partial charge >= 0.3 is 0 Å². The third kappa shape index (κ3) is 3.37. The van der Waals surface area contributed by atoms with E-state index in [9.17, 15) is 4.79 Å². The second kappa shape index (κ2) is 6.59. The van der Waals surface area contributed by atoms with Crippen LogP contribution in [0.3, 0.4) is 0 Å². The number of anilines is 1. The highest BCUT2D eigenvalue weighted by Crippen LogP contribution is 2.25. The van der Waals surface area contributed by atoms with Crippen molar-refractivity contribution in [1.29, 1.82) is 0 Å². The molecule has 0 fully saturated rings. The summed E-state index contributed by atoms with van der Waals surface area (Å²) in [6, 6.07) is 13.5. The molecule has 2 aromatic carbocycles. The number of carbonyl (C=O) groups excluding carboxylic acids is 1. The molecule has 1 N–H and O–H groups in total. The van der Waals surface area contributed by atoms with Gasteiger partial charge in [-0.15, -0.1) is 0 Å². The molecule has 0 saturated heterocycles. The summed E-state index contributed by atoms with van der Waals surface area (Å²) in [5.74, 6) is 0.0699. The number of carbonyl (C=O) groups is 1. The predicted molar refractivity (Wildman–Crippen MR) is 90.5 cm³/mol. The van der Waals surface area contributed by atoms with Crippen molar-refractivity contribution >= 4 is 34.8 Å². The zero-order valence-corrected chi connectivity index (χ0v) is 13.5. The molecule has 0 unspecified atom stereocenters. The van der Waals surface area contributed by atoms with Crippen LogP contribution in [0.25, 0.3) is 0 Å². The zero-order chi connectivity index (χ0) is 15.5. The van der Waals surface area contributed by atoms with Gasteiger partial charge in [0.2, 0.25) is 5.91 Å². The molecule has 2 aromatic rings.